The molecule has 1 heterocycles. The average Bonchev–Trinajstić information content (AvgIpc) is 3.15. The number of aliphatic hydroxyl groups is 5. The summed E-state index contributed by atoms with van der Waals surface area (Å²) in [6, 6.07) is -1.14. The molecule has 14 heteroatoms. The molecule has 1 aliphatic rings. The minimum absolute atomic E-state index is 0.222. The Morgan fingerprint density at radius 2 is 1.22 bits per heavy atom. The summed E-state index contributed by atoms with van der Waals surface area (Å²) in [6.45, 7) is 3.10. The number of ether oxygens (including phenoxy) is 2. The molecule has 13 nitrogen and oxygen atoms in total. The topological polar surface area (TPSA) is 212 Å². The van der Waals surface area contributed by atoms with Crippen molar-refractivity contribution in [3.63, 3.8) is 0 Å². The lowest BCUT2D eigenvalue weighted by atomic mass is 9.99. The maximum absolute atomic E-state index is 13.0. The summed E-state index contributed by atoms with van der Waals surface area (Å²) in [5.41, 5.74) is 0. The lowest BCUT2D eigenvalue weighted by Crippen LogP contribution is -2.61. The molecule has 0 aromatic carbocycles. The molecule has 1 fully saturated rings. The number of hydrogen-bond donors (Lipinski definition) is 7. The fourth-order valence-electron chi connectivity index (χ4n) is 6.35. The standard InChI is InChI=1S/C41H75NO12S/c1-3-5-7-9-11-13-14-15-16-17-18-19-20-22-24-26-28-30-35(45)40(48)42-33(34(44)29-27-25-23-21-12-10-8-6-4-2)32-52-41-38(47)39(54-55(49,50)51)37(46)36(31-43)53-41/h12,18-19,21,27,29,33-39,41,43-47H,3-11,13-17,20,22-26,28,30-32H2,1-2H3,(H,42,48)(H,49,50,51)/b19-18-,21-12+,29-27+. The van der Waals surface area contributed by atoms with Crippen LogP contribution in [0.25, 0.3) is 0 Å². The van der Waals surface area contributed by atoms with Gasteiger partial charge in [-0.3, -0.25) is 9.35 Å². The van der Waals surface area contributed by atoms with Gasteiger partial charge in [0.25, 0.3) is 0 Å². The smallest absolute Gasteiger partial charge is 0.394 e. The third kappa shape index (κ3) is 25.3. The van der Waals surface area contributed by atoms with E-state index in [4.69, 9.17) is 14.0 Å². The minimum atomic E-state index is -5.12. The van der Waals surface area contributed by atoms with Crippen LogP contribution in [0.4, 0.5) is 0 Å². The van der Waals surface area contributed by atoms with Crippen LogP contribution in [0.2, 0.25) is 0 Å². The van der Waals surface area contributed by atoms with Crippen LogP contribution >= 0.6 is 0 Å². The van der Waals surface area contributed by atoms with Gasteiger partial charge in [-0.2, -0.15) is 8.42 Å². The Balaban J connectivity index is 2.61. The molecular formula is C41H75NO12S. The van der Waals surface area contributed by atoms with Gasteiger partial charge in [0.15, 0.2) is 6.29 Å². The van der Waals surface area contributed by atoms with Crippen molar-refractivity contribution in [1.29, 1.82) is 0 Å². The van der Waals surface area contributed by atoms with E-state index in [1.807, 2.05) is 0 Å². The van der Waals surface area contributed by atoms with Gasteiger partial charge < -0.3 is 40.3 Å². The first-order valence-corrected chi connectivity index (χ1v) is 22.3. The van der Waals surface area contributed by atoms with Crippen LogP contribution in [0.5, 0.6) is 0 Å². The molecule has 1 aliphatic heterocycles. The van der Waals surface area contributed by atoms with Crippen LogP contribution in [0.1, 0.15) is 155 Å². The van der Waals surface area contributed by atoms with Crippen molar-refractivity contribution in [1.82, 2.24) is 5.32 Å². The zero-order valence-corrected chi connectivity index (χ0v) is 34.4. The quantitative estimate of drug-likeness (QED) is 0.0223. The van der Waals surface area contributed by atoms with Crippen molar-refractivity contribution in [2.45, 2.75) is 204 Å². The van der Waals surface area contributed by atoms with E-state index in [0.717, 1.165) is 57.8 Å². The van der Waals surface area contributed by atoms with Crippen LogP contribution in [-0.2, 0) is 28.9 Å². The maximum Gasteiger partial charge on any atom is 0.397 e. The Bertz CT molecular complexity index is 1150. The van der Waals surface area contributed by atoms with Crippen molar-refractivity contribution >= 4 is 16.3 Å². The Morgan fingerprint density at radius 1 is 0.727 bits per heavy atom. The largest absolute Gasteiger partial charge is 0.397 e. The highest BCUT2D eigenvalue weighted by molar-refractivity contribution is 7.80. The third-order valence-corrected chi connectivity index (χ3v) is 10.2. The monoisotopic (exact) mass is 806 g/mol. The highest BCUT2D eigenvalue weighted by Gasteiger charge is 2.48. The average molecular weight is 806 g/mol. The van der Waals surface area contributed by atoms with Gasteiger partial charge in [0.1, 0.15) is 30.5 Å². The van der Waals surface area contributed by atoms with Gasteiger partial charge >= 0.3 is 10.4 Å². The lowest BCUT2D eigenvalue weighted by Gasteiger charge is -2.41. The summed E-state index contributed by atoms with van der Waals surface area (Å²) in [5.74, 6) is -0.725. The van der Waals surface area contributed by atoms with Crippen LogP contribution in [-0.4, -0.2) is 107 Å². The van der Waals surface area contributed by atoms with Gasteiger partial charge in [-0.1, -0.05) is 134 Å². The second-order valence-electron chi connectivity index (χ2n) is 14.7. The van der Waals surface area contributed by atoms with E-state index in [1.54, 1.807) is 6.08 Å². The van der Waals surface area contributed by atoms with Gasteiger partial charge in [-0.25, -0.2) is 4.18 Å². The van der Waals surface area contributed by atoms with Crippen molar-refractivity contribution in [2.24, 2.45) is 0 Å². The summed E-state index contributed by atoms with van der Waals surface area (Å²) in [6.07, 6.45) is 24.0. The second-order valence-corrected chi connectivity index (χ2v) is 15.8. The third-order valence-electron chi connectivity index (χ3n) is 9.75. The number of allylic oxidation sites excluding steroid dienone is 5. The van der Waals surface area contributed by atoms with Crippen molar-refractivity contribution in [3.8, 4) is 0 Å². The summed E-state index contributed by atoms with van der Waals surface area (Å²) >= 11 is 0. The molecule has 1 saturated heterocycles. The Hall–Kier alpha value is -1.72. The summed E-state index contributed by atoms with van der Waals surface area (Å²) < 4.78 is 47.2. The van der Waals surface area contributed by atoms with Crippen LogP contribution in [0, 0.1) is 0 Å². The molecule has 8 atom stereocenters. The first-order chi connectivity index (χ1) is 26.4. The molecular weight excluding hydrogens is 731 g/mol. The van der Waals surface area contributed by atoms with Gasteiger partial charge in [-0.15, -0.1) is 0 Å². The molecule has 0 aliphatic carbocycles. The lowest BCUT2D eigenvalue weighted by molar-refractivity contribution is -0.298. The predicted octanol–water partition coefficient (Wildman–Crippen LogP) is 6.13. The SMILES string of the molecule is CCCCC/C=C/CC/C=C/C(O)C(COC1OC(CO)C(O)C(OS(=O)(=O)O)C1O)NC(=O)C(O)CCCCCC/C=C\CCCCCCCCCCC. The normalized spacial score (nSPS) is 22.5. The van der Waals surface area contributed by atoms with Crippen molar-refractivity contribution in [3.05, 3.63) is 36.5 Å². The summed E-state index contributed by atoms with van der Waals surface area (Å²) in [4.78, 5) is 13.0. The number of unbranched alkanes of at least 4 members (excludes halogenated alkanes) is 17. The molecule has 0 aromatic heterocycles. The molecule has 0 aromatic rings. The van der Waals surface area contributed by atoms with Gasteiger partial charge in [0, 0.05) is 0 Å². The second kappa shape index (κ2) is 32.3. The van der Waals surface area contributed by atoms with Gasteiger partial charge in [-0.05, 0) is 57.8 Å². The van der Waals surface area contributed by atoms with E-state index in [1.165, 1.54) is 70.3 Å². The number of hydrogen-bond acceptors (Lipinski definition) is 11. The van der Waals surface area contributed by atoms with E-state index in [9.17, 15) is 38.7 Å². The maximum atomic E-state index is 13.0. The van der Waals surface area contributed by atoms with E-state index < -0.39 is 78.5 Å². The zero-order valence-electron chi connectivity index (χ0n) is 33.6. The number of carbonyl (C=O) groups excluding carboxylic acids is 1. The Labute approximate surface area is 331 Å². The van der Waals surface area contributed by atoms with E-state index >= 15 is 0 Å². The summed E-state index contributed by atoms with van der Waals surface area (Å²) in [5, 5.41) is 54.8. The molecule has 0 saturated carbocycles. The van der Waals surface area contributed by atoms with Crippen molar-refractivity contribution < 1.29 is 57.0 Å². The summed E-state index contributed by atoms with van der Waals surface area (Å²) in [7, 11) is -5.12. The molecule has 1 amide bonds. The predicted molar refractivity (Wildman–Crippen MR) is 214 cm³/mol. The molecule has 55 heavy (non-hydrogen) atoms. The van der Waals surface area contributed by atoms with Crippen molar-refractivity contribution in [2.75, 3.05) is 13.2 Å². The highest BCUT2D eigenvalue weighted by Crippen LogP contribution is 2.26. The number of rotatable bonds is 34. The fraction of sp³-hybridized carbons (Fsp3) is 0.829. The molecule has 0 bridgehead atoms. The van der Waals surface area contributed by atoms with Gasteiger partial charge in [0.2, 0.25) is 5.91 Å². The molecule has 322 valence electrons. The minimum Gasteiger partial charge on any atom is -0.394 e. The van der Waals surface area contributed by atoms with Gasteiger partial charge in [0.05, 0.1) is 25.4 Å². The Kier molecular flexibility index (Phi) is 30.1. The Morgan fingerprint density at radius 3 is 1.78 bits per heavy atom. The number of amides is 1. The number of carbonyl (C=O) groups is 1. The number of aliphatic hydroxyl groups excluding tert-OH is 5. The van der Waals surface area contributed by atoms with E-state index in [-0.39, 0.29) is 6.42 Å². The molecule has 7 N–H and O–H groups in total. The molecule has 8 unspecified atom stereocenters. The van der Waals surface area contributed by atoms with E-state index in [2.05, 4.69) is 47.7 Å². The highest BCUT2D eigenvalue weighted by atomic mass is 32.3. The fourth-order valence-corrected chi connectivity index (χ4v) is 6.86. The van der Waals surface area contributed by atoms with Crippen LogP contribution in [0.3, 0.4) is 0 Å². The number of nitrogens with one attached hydrogen (secondary N) is 1. The first-order valence-electron chi connectivity index (χ1n) is 21.0. The molecule has 0 spiro atoms. The van der Waals surface area contributed by atoms with Crippen LogP contribution in [0.15, 0.2) is 36.5 Å². The zero-order chi connectivity index (χ0) is 40.7. The molecule has 0 radical (unpaired) electrons. The van der Waals surface area contributed by atoms with Crippen LogP contribution < -0.4 is 5.32 Å². The first kappa shape index (κ1) is 51.3. The van der Waals surface area contributed by atoms with E-state index in [0.29, 0.717) is 12.8 Å². The molecule has 1 rings (SSSR count).